The summed E-state index contributed by atoms with van der Waals surface area (Å²) in [5.74, 6) is -0.842. The molecule has 1 heterocycles. The molecule has 1 N–H and O–H groups in total. The van der Waals surface area contributed by atoms with Gasteiger partial charge in [0.05, 0.1) is 4.92 Å². The number of carboxylic acid groups (broad SMARTS) is 1. The SMILES string of the molecule is Cc1cc([N+](=O)[O-])ccc1N1CCCC1C(=O)O. The Labute approximate surface area is 104 Å². The molecule has 0 amide bonds. The second-order valence-electron chi connectivity index (χ2n) is 4.42. The molecule has 1 aliphatic rings. The molecule has 2 rings (SSSR count). The Balaban J connectivity index is 2.33. The van der Waals surface area contributed by atoms with Crippen LogP contribution in [-0.2, 0) is 4.79 Å². The van der Waals surface area contributed by atoms with Gasteiger partial charge in [-0.1, -0.05) is 0 Å². The molecule has 1 unspecified atom stereocenters. The van der Waals surface area contributed by atoms with Crippen LogP contribution in [0.3, 0.4) is 0 Å². The van der Waals surface area contributed by atoms with Crippen LogP contribution < -0.4 is 4.90 Å². The summed E-state index contributed by atoms with van der Waals surface area (Å²) in [4.78, 5) is 23.1. The van der Waals surface area contributed by atoms with Crippen molar-refractivity contribution >= 4 is 17.3 Å². The van der Waals surface area contributed by atoms with Gasteiger partial charge in [-0.25, -0.2) is 4.79 Å². The van der Waals surface area contributed by atoms with Gasteiger partial charge in [-0.3, -0.25) is 10.1 Å². The van der Waals surface area contributed by atoms with E-state index in [2.05, 4.69) is 0 Å². The van der Waals surface area contributed by atoms with E-state index >= 15 is 0 Å². The van der Waals surface area contributed by atoms with Crippen LogP contribution in [0.1, 0.15) is 18.4 Å². The highest BCUT2D eigenvalue weighted by molar-refractivity contribution is 5.79. The van der Waals surface area contributed by atoms with Crippen molar-refractivity contribution < 1.29 is 14.8 Å². The van der Waals surface area contributed by atoms with Gasteiger partial charge in [-0.15, -0.1) is 0 Å². The number of carboxylic acids is 1. The number of hydrogen-bond donors (Lipinski definition) is 1. The van der Waals surface area contributed by atoms with Gasteiger partial charge in [0.25, 0.3) is 5.69 Å². The fourth-order valence-corrected chi connectivity index (χ4v) is 2.39. The smallest absolute Gasteiger partial charge is 0.326 e. The summed E-state index contributed by atoms with van der Waals surface area (Å²) < 4.78 is 0. The second-order valence-corrected chi connectivity index (χ2v) is 4.42. The first-order valence-electron chi connectivity index (χ1n) is 5.75. The lowest BCUT2D eigenvalue weighted by Gasteiger charge is -2.25. The van der Waals surface area contributed by atoms with Crippen LogP contribution in [0.2, 0.25) is 0 Å². The maximum atomic E-state index is 11.1. The predicted molar refractivity (Wildman–Crippen MR) is 65.8 cm³/mol. The highest BCUT2D eigenvalue weighted by Crippen LogP contribution is 2.30. The lowest BCUT2D eigenvalue weighted by Crippen LogP contribution is -2.36. The minimum Gasteiger partial charge on any atom is -0.480 e. The van der Waals surface area contributed by atoms with E-state index in [4.69, 9.17) is 5.11 Å². The number of benzene rings is 1. The van der Waals surface area contributed by atoms with Gasteiger partial charge in [-0.05, 0) is 31.4 Å². The van der Waals surface area contributed by atoms with Crippen LogP contribution in [0.15, 0.2) is 18.2 Å². The van der Waals surface area contributed by atoms with Crippen molar-refractivity contribution in [3.8, 4) is 0 Å². The maximum Gasteiger partial charge on any atom is 0.326 e. The standard InChI is InChI=1S/C12H14N2O4/c1-8-7-9(14(17)18)4-5-10(8)13-6-2-3-11(13)12(15)16/h4-5,7,11H,2-3,6H2,1H3,(H,15,16). The van der Waals surface area contributed by atoms with Gasteiger partial charge in [0.15, 0.2) is 0 Å². The normalized spacial score (nSPS) is 18.9. The zero-order chi connectivity index (χ0) is 13.3. The number of nitro groups is 1. The second kappa shape index (κ2) is 4.64. The molecule has 0 spiro atoms. The summed E-state index contributed by atoms with van der Waals surface area (Å²) in [6, 6.07) is 4.01. The molecule has 1 aromatic rings. The van der Waals surface area contributed by atoms with Crippen molar-refractivity contribution in [2.24, 2.45) is 0 Å². The van der Waals surface area contributed by atoms with Crippen LogP contribution in [0.4, 0.5) is 11.4 Å². The fourth-order valence-electron chi connectivity index (χ4n) is 2.39. The molecule has 1 aliphatic heterocycles. The first-order chi connectivity index (χ1) is 8.50. The topological polar surface area (TPSA) is 83.7 Å². The van der Waals surface area contributed by atoms with Gasteiger partial charge in [0.1, 0.15) is 6.04 Å². The predicted octanol–water partition coefficient (Wildman–Crippen LogP) is 1.96. The summed E-state index contributed by atoms with van der Waals surface area (Å²) in [5, 5.41) is 19.8. The number of nitrogens with zero attached hydrogens (tertiary/aromatic N) is 2. The van der Waals surface area contributed by atoms with Crippen molar-refractivity contribution in [1.82, 2.24) is 0 Å². The molecule has 0 saturated carbocycles. The van der Waals surface area contributed by atoms with E-state index in [1.165, 1.54) is 12.1 Å². The third-order valence-corrected chi connectivity index (χ3v) is 3.24. The van der Waals surface area contributed by atoms with E-state index in [0.717, 1.165) is 17.7 Å². The lowest BCUT2D eigenvalue weighted by molar-refractivity contribution is -0.384. The number of aryl methyl sites for hydroxylation is 1. The Hall–Kier alpha value is -2.11. The van der Waals surface area contributed by atoms with Gasteiger partial charge in [0, 0.05) is 24.4 Å². The first-order valence-corrected chi connectivity index (χ1v) is 5.75. The van der Waals surface area contributed by atoms with E-state index in [9.17, 15) is 14.9 Å². The molecule has 96 valence electrons. The summed E-state index contributed by atoms with van der Waals surface area (Å²) in [5.41, 5.74) is 1.53. The summed E-state index contributed by atoms with van der Waals surface area (Å²) >= 11 is 0. The molecule has 1 saturated heterocycles. The number of carbonyl (C=O) groups is 1. The number of anilines is 1. The molecule has 6 nitrogen and oxygen atoms in total. The highest BCUT2D eigenvalue weighted by atomic mass is 16.6. The molecular weight excluding hydrogens is 236 g/mol. The minimum absolute atomic E-state index is 0.0299. The van der Waals surface area contributed by atoms with E-state index in [-0.39, 0.29) is 5.69 Å². The molecule has 0 aliphatic carbocycles. The zero-order valence-corrected chi connectivity index (χ0v) is 10.00. The van der Waals surface area contributed by atoms with Gasteiger partial charge < -0.3 is 10.0 Å². The van der Waals surface area contributed by atoms with Gasteiger partial charge >= 0.3 is 5.97 Å². The molecule has 18 heavy (non-hydrogen) atoms. The molecular formula is C12H14N2O4. The Kier molecular flexibility index (Phi) is 3.18. The molecule has 1 fully saturated rings. The molecule has 1 atom stereocenters. The Morgan fingerprint density at radius 2 is 2.28 bits per heavy atom. The third-order valence-electron chi connectivity index (χ3n) is 3.24. The summed E-state index contributed by atoms with van der Waals surface area (Å²) in [6.07, 6.45) is 1.44. The van der Waals surface area contributed by atoms with Crippen molar-refractivity contribution in [2.45, 2.75) is 25.8 Å². The van der Waals surface area contributed by atoms with Gasteiger partial charge in [0.2, 0.25) is 0 Å². The number of aliphatic carboxylic acids is 1. The van der Waals surface area contributed by atoms with Crippen molar-refractivity contribution in [2.75, 3.05) is 11.4 Å². The van der Waals surface area contributed by atoms with Crippen LogP contribution >= 0.6 is 0 Å². The monoisotopic (exact) mass is 250 g/mol. The van der Waals surface area contributed by atoms with Crippen LogP contribution in [0, 0.1) is 17.0 Å². The van der Waals surface area contributed by atoms with Crippen LogP contribution in [0.25, 0.3) is 0 Å². The highest BCUT2D eigenvalue weighted by Gasteiger charge is 2.31. The molecule has 6 heteroatoms. The first kappa shape index (κ1) is 12.3. The third kappa shape index (κ3) is 2.13. The fraction of sp³-hybridized carbons (Fsp3) is 0.417. The number of rotatable bonds is 3. The minimum atomic E-state index is -0.842. The van der Waals surface area contributed by atoms with E-state index in [1.54, 1.807) is 17.9 Å². The lowest BCUT2D eigenvalue weighted by atomic mass is 10.1. The van der Waals surface area contributed by atoms with E-state index in [1.807, 2.05) is 0 Å². The number of hydrogen-bond acceptors (Lipinski definition) is 4. The summed E-state index contributed by atoms with van der Waals surface area (Å²) in [7, 11) is 0. The Morgan fingerprint density at radius 3 is 2.83 bits per heavy atom. The van der Waals surface area contributed by atoms with Crippen molar-refractivity contribution in [1.29, 1.82) is 0 Å². The van der Waals surface area contributed by atoms with E-state index in [0.29, 0.717) is 13.0 Å². The maximum absolute atomic E-state index is 11.1. The van der Waals surface area contributed by atoms with E-state index < -0.39 is 16.9 Å². The Bertz CT molecular complexity index is 501. The molecule has 1 aromatic carbocycles. The molecule has 0 aromatic heterocycles. The van der Waals surface area contributed by atoms with Crippen molar-refractivity contribution in [3.05, 3.63) is 33.9 Å². The Morgan fingerprint density at radius 1 is 1.56 bits per heavy atom. The number of non-ortho nitro benzene ring substituents is 1. The summed E-state index contributed by atoms with van der Waals surface area (Å²) in [6.45, 7) is 2.44. The van der Waals surface area contributed by atoms with Crippen LogP contribution in [0.5, 0.6) is 0 Å². The van der Waals surface area contributed by atoms with Gasteiger partial charge in [-0.2, -0.15) is 0 Å². The average molecular weight is 250 g/mol. The van der Waals surface area contributed by atoms with Crippen molar-refractivity contribution in [3.63, 3.8) is 0 Å². The molecule has 0 radical (unpaired) electrons. The molecule has 0 bridgehead atoms. The average Bonchev–Trinajstić information content (AvgIpc) is 2.77. The quantitative estimate of drug-likeness (QED) is 0.654. The zero-order valence-electron chi connectivity index (χ0n) is 10.00. The van der Waals surface area contributed by atoms with Crippen LogP contribution in [-0.4, -0.2) is 28.6 Å². The largest absolute Gasteiger partial charge is 0.480 e. The number of nitro benzene ring substituents is 1.